The second-order valence-electron chi connectivity index (χ2n) is 6.74. The molecule has 26 heavy (non-hydrogen) atoms. The molecule has 0 unspecified atom stereocenters. The predicted octanol–water partition coefficient (Wildman–Crippen LogP) is 0.996. The van der Waals surface area contributed by atoms with Gasteiger partial charge in [0.05, 0.1) is 36.5 Å². The average Bonchev–Trinajstić information content (AvgIpc) is 3.10. The van der Waals surface area contributed by atoms with Crippen LogP contribution in [0.1, 0.15) is 16.1 Å². The van der Waals surface area contributed by atoms with Crippen molar-refractivity contribution in [1.82, 2.24) is 24.7 Å². The molecule has 0 spiro atoms. The second-order valence-corrected chi connectivity index (χ2v) is 6.74. The fraction of sp³-hybridized carbons (Fsp3) is 0.474. The minimum absolute atomic E-state index is 0.0586. The third-order valence-electron chi connectivity index (χ3n) is 4.36. The van der Waals surface area contributed by atoms with Crippen LogP contribution in [-0.4, -0.2) is 78.7 Å². The van der Waals surface area contributed by atoms with Crippen LogP contribution < -0.4 is 5.32 Å². The van der Waals surface area contributed by atoms with E-state index in [1.807, 2.05) is 49.1 Å². The molecule has 1 fully saturated rings. The lowest BCUT2D eigenvalue weighted by Gasteiger charge is -2.26. The summed E-state index contributed by atoms with van der Waals surface area (Å²) in [4.78, 5) is 21.5. The number of hydrogen-bond donors (Lipinski definition) is 1. The minimum atomic E-state index is -0.0586. The second kappa shape index (κ2) is 8.93. The van der Waals surface area contributed by atoms with Crippen molar-refractivity contribution >= 4 is 5.91 Å². The molecule has 3 rings (SSSR count). The van der Waals surface area contributed by atoms with Crippen molar-refractivity contribution in [3.05, 3.63) is 48.0 Å². The number of carbonyl (C=O) groups excluding carboxylic acids is 1. The van der Waals surface area contributed by atoms with Gasteiger partial charge in [0.1, 0.15) is 0 Å². The summed E-state index contributed by atoms with van der Waals surface area (Å²) in [6.45, 7) is 5.63. The first-order valence-electron chi connectivity index (χ1n) is 8.99. The zero-order valence-electron chi connectivity index (χ0n) is 15.5. The highest BCUT2D eigenvalue weighted by Crippen LogP contribution is 2.15. The lowest BCUT2D eigenvalue weighted by molar-refractivity contribution is 0.0383. The summed E-state index contributed by atoms with van der Waals surface area (Å²) in [5.41, 5.74) is 2.47. The molecule has 7 nitrogen and oxygen atoms in total. The molecule has 0 aliphatic carbocycles. The summed E-state index contributed by atoms with van der Waals surface area (Å²) in [6, 6.07) is 7.62. The molecule has 1 aliphatic heterocycles. The van der Waals surface area contributed by atoms with Crippen molar-refractivity contribution in [2.24, 2.45) is 0 Å². The number of hydrogen-bond acceptors (Lipinski definition) is 5. The van der Waals surface area contributed by atoms with Crippen LogP contribution in [-0.2, 0) is 11.3 Å². The molecule has 2 heterocycles. The van der Waals surface area contributed by atoms with Gasteiger partial charge in [-0.3, -0.25) is 9.69 Å². The Balaban J connectivity index is 1.64. The maximum Gasteiger partial charge on any atom is 0.253 e. The Morgan fingerprint density at radius 1 is 1.27 bits per heavy atom. The third kappa shape index (κ3) is 4.91. The van der Waals surface area contributed by atoms with Crippen molar-refractivity contribution in [2.75, 3.05) is 53.5 Å². The SMILES string of the molecule is CN(C)Cc1cn(-c2ccccc2C(=O)NCCN2CCOCC2)cn1. The Morgan fingerprint density at radius 2 is 2.04 bits per heavy atom. The van der Waals surface area contributed by atoms with Gasteiger partial charge in [0.2, 0.25) is 0 Å². The Kier molecular flexibility index (Phi) is 6.38. The van der Waals surface area contributed by atoms with Crippen molar-refractivity contribution in [3.63, 3.8) is 0 Å². The van der Waals surface area contributed by atoms with E-state index in [9.17, 15) is 4.79 Å². The molecular formula is C19H27N5O2. The molecule has 0 radical (unpaired) electrons. The monoisotopic (exact) mass is 357 g/mol. The predicted molar refractivity (Wildman–Crippen MR) is 101 cm³/mol. The molecule has 1 aromatic heterocycles. The molecule has 2 aromatic rings. The molecule has 0 bridgehead atoms. The molecule has 140 valence electrons. The number of imidazole rings is 1. The van der Waals surface area contributed by atoms with Gasteiger partial charge < -0.3 is 19.5 Å². The first kappa shape index (κ1) is 18.6. The van der Waals surface area contributed by atoms with Crippen LogP contribution in [0.4, 0.5) is 0 Å². The fourth-order valence-corrected chi connectivity index (χ4v) is 3.04. The Labute approximate surface area is 154 Å². The van der Waals surface area contributed by atoms with Crippen LogP contribution in [0.5, 0.6) is 0 Å². The summed E-state index contributed by atoms with van der Waals surface area (Å²) >= 11 is 0. The van der Waals surface area contributed by atoms with Crippen LogP contribution >= 0.6 is 0 Å². The summed E-state index contributed by atoms with van der Waals surface area (Å²) in [7, 11) is 4.02. The summed E-state index contributed by atoms with van der Waals surface area (Å²) in [5.74, 6) is -0.0586. The number of aromatic nitrogens is 2. The van der Waals surface area contributed by atoms with Crippen LogP contribution in [0.2, 0.25) is 0 Å². The molecule has 1 aromatic carbocycles. The number of rotatable bonds is 7. The highest BCUT2D eigenvalue weighted by Gasteiger charge is 2.14. The number of amides is 1. The van der Waals surface area contributed by atoms with E-state index in [2.05, 4.69) is 20.1 Å². The van der Waals surface area contributed by atoms with Crippen molar-refractivity contribution < 1.29 is 9.53 Å². The van der Waals surface area contributed by atoms with E-state index in [0.717, 1.165) is 50.8 Å². The standard InChI is InChI=1S/C19H27N5O2/c1-22(2)13-16-14-24(15-21-16)18-6-4-3-5-17(18)19(25)20-7-8-23-9-11-26-12-10-23/h3-6,14-15H,7-13H2,1-2H3,(H,20,25). The Bertz CT molecular complexity index is 722. The van der Waals surface area contributed by atoms with Crippen molar-refractivity contribution in [1.29, 1.82) is 0 Å². The van der Waals surface area contributed by atoms with Gasteiger partial charge in [0, 0.05) is 38.9 Å². The number of benzene rings is 1. The highest BCUT2D eigenvalue weighted by molar-refractivity contribution is 5.97. The molecular weight excluding hydrogens is 330 g/mol. The van der Waals surface area contributed by atoms with Gasteiger partial charge in [-0.15, -0.1) is 0 Å². The van der Waals surface area contributed by atoms with E-state index in [4.69, 9.17) is 4.74 Å². The summed E-state index contributed by atoms with van der Waals surface area (Å²) in [6.07, 6.45) is 3.73. The van der Waals surface area contributed by atoms with Gasteiger partial charge in [-0.1, -0.05) is 12.1 Å². The summed E-state index contributed by atoms with van der Waals surface area (Å²) < 4.78 is 7.26. The number of morpholine rings is 1. The molecule has 0 saturated carbocycles. The van der Waals surface area contributed by atoms with Gasteiger partial charge in [0.15, 0.2) is 0 Å². The first-order valence-corrected chi connectivity index (χ1v) is 8.99. The number of nitrogens with one attached hydrogen (secondary N) is 1. The van der Waals surface area contributed by atoms with E-state index >= 15 is 0 Å². The van der Waals surface area contributed by atoms with Gasteiger partial charge in [-0.05, 0) is 26.2 Å². The average molecular weight is 357 g/mol. The number of nitrogens with zero attached hydrogens (tertiary/aromatic N) is 4. The normalized spacial score (nSPS) is 15.3. The van der Waals surface area contributed by atoms with E-state index in [0.29, 0.717) is 12.1 Å². The molecule has 1 amide bonds. The van der Waals surface area contributed by atoms with Gasteiger partial charge in [-0.25, -0.2) is 4.98 Å². The molecule has 1 saturated heterocycles. The van der Waals surface area contributed by atoms with Crippen LogP contribution in [0.3, 0.4) is 0 Å². The first-order chi connectivity index (χ1) is 12.6. The number of carbonyl (C=O) groups is 1. The smallest absolute Gasteiger partial charge is 0.253 e. The topological polar surface area (TPSA) is 62.6 Å². The summed E-state index contributed by atoms with van der Waals surface area (Å²) in [5, 5.41) is 3.03. The molecule has 1 aliphatic rings. The zero-order valence-corrected chi connectivity index (χ0v) is 15.5. The lowest BCUT2D eigenvalue weighted by Crippen LogP contribution is -2.41. The maximum atomic E-state index is 12.7. The van der Waals surface area contributed by atoms with Crippen LogP contribution in [0, 0.1) is 0 Å². The van der Waals surface area contributed by atoms with E-state index in [-0.39, 0.29) is 5.91 Å². The number of ether oxygens (including phenoxy) is 1. The lowest BCUT2D eigenvalue weighted by atomic mass is 10.1. The van der Waals surface area contributed by atoms with Gasteiger partial charge in [0.25, 0.3) is 5.91 Å². The largest absolute Gasteiger partial charge is 0.379 e. The maximum absolute atomic E-state index is 12.7. The molecule has 1 N–H and O–H groups in total. The Hall–Kier alpha value is -2.22. The Morgan fingerprint density at radius 3 is 2.81 bits per heavy atom. The van der Waals surface area contributed by atoms with Crippen LogP contribution in [0.25, 0.3) is 5.69 Å². The third-order valence-corrected chi connectivity index (χ3v) is 4.36. The van der Waals surface area contributed by atoms with Crippen molar-refractivity contribution in [3.8, 4) is 5.69 Å². The molecule has 7 heteroatoms. The zero-order chi connectivity index (χ0) is 18.4. The van der Waals surface area contributed by atoms with Crippen molar-refractivity contribution in [2.45, 2.75) is 6.54 Å². The van der Waals surface area contributed by atoms with E-state index in [1.54, 1.807) is 6.33 Å². The molecule has 0 atom stereocenters. The van der Waals surface area contributed by atoms with E-state index < -0.39 is 0 Å². The van der Waals surface area contributed by atoms with Gasteiger partial charge in [-0.2, -0.15) is 0 Å². The minimum Gasteiger partial charge on any atom is -0.379 e. The van der Waals surface area contributed by atoms with Crippen LogP contribution in [0.15, 0.2) is 36.8 Å². The highest BCUT2D eigenvalue weighted by atomic mass is 16.5. The fourth-order valence-electron chi connectivity index (χ4n) is 3.04. The number of para-hydroxylation sites is 1. The van der Waals surface area contributed by atoms with E-state index in [1.165, 1.54) is 0 Å². The quantitative estimate of drug-likeness (QED) is 0.801. The van der Waals surface area contributed by atoms with Gasteiger partial charge >= 0.3 is 0 Å².